The molecule has 2 rings (SSSR count). The average molecular weight is 210 g/mol. The summed E-state index contributed by atoms with van der Waals surface area (Å²) in [5, 5.41) is 0. The van der Waals surface area contributed by atoms with Crippen molar-refractivity contribution in [2.45, 2.75) is 39.5 Å². The summed E-state index contributed by atoms with van der Waals surface area (Å²) in [4.78, 5) is 0. The van der Waals surface area contributed by atoms with Gasteiger partial charge in [-0.1, -0.05) is 13.3 Å². The average Bonchev–Trinajstić information content (AvgIpc) is 2.25. The van der Waals surface area contributed by atoms with Crippen molar-refractivity contribution in [1.82, 2.24) is 0 Å². The summed E-state index contributed by atoms with van der Waals surface area (Å²) in [6, 6.07) is 1.33. The molecular weight excluding hydrogens is 194 g/mol. The topological polar surface area (TPSA) is 0 Å². The van der Waals surface area contributed by atoms with Crippen molar-refractivity contribution in [3.05, 3.63) is 34.4 Å². The van der Waals surface area contributed by atoms with Crippen LogP contribution in [0.5, 0.6) is 0 Å². The predicted molar refractivity (Wildman–Crippen MR) is 56.9 cm³/mol. The minimum Gasteiger partial charge on any atom is -0.207 e. The Morgan fingerprint density at radius 1 is 1.33 bits per heavy atom. The second kappa shape index (κ2) is 3.92. The molecule has 1 aliphatic carbocycles. The van der Waals surface area contributed by atoms with Crippen LogP contribution in [0.4, 0.5) is 8.78 Å². The number of fused-ring (bicyclic) bond motifs is 1. The Morgan fingerprint density at radius 3 is 2.73 bits per heavy atom. The van der Waals surface area contributed by atoms with E-state index in [4.69, 9.17) is 0 Å². The Kier molecular flexibility index (Phi) is 2.76. The van der Waals surface area contributed by atoms with Crippen molar-refractivity contribution in [2.24, 2.45) is 5.92 Å². The van der Waals surface area contributed by atoms with E-state index in [1.807, 2.05) is 0 Å². The van der Waals surface area contributed by atoms with Gasteiger partial charge in [-0.2, -0.15) is 0 Å². The molecule has 0 N–H and O–H groups in total. The first-order valence-corrected chi connectivity index (χ1v) is 5.59. The molecule has 0 aliphatic heterocycles. The van der Waals surface area contributed by atoms with Crippen molar-refractivity contribution in [3.63, 3.8) is 0 Å². The van der Waals surface area contributed by atoms with Crippen LogP contribution >= 0.6 is 0 Å². The maximum absolute atomic E-state index is 13.7. The van der Waals surface area contributed by atoms with Crippen molar-refractivity contribution < 1.29 is 8.78 Å². The second-order valence-electron chi connectivity index (χ2n) is 4.46. The lowest BCUT2D eigenvalue weighted by atomic mass is 9.81. The van der Waals surface area contributed by atoms with Gasteiger partial charge in [0.2, 0.25) is 0 Å². The van der Waals surface area contributed by atoms with Crippen LogP contribution in [-0.2, 0) is 12.8 Å². The van der Waals surface area contributed by atoms with Crippen molar-refractivity contribution in [2.75, 3.05) is 0 Å². The van der Waals surface area contributed by atoms with Gasteiger partial charge in [-0.15, -0.1) is 0 Å². The van der Waals surface area contributed by atoms with Gasteiger partial charge in [0.05, 0.1) is 0 Å². The van der Waals surface area contributed by atoms with Crippen LogP contribution in [0.2, 0.25) is 0 Å². The van der Waals surface area contributed by atoms with Gasteiger partial charge in [0.1, 0.15) is 11.6 Å². The van der Waals surface area contributed by atoms with Gasteiger partial charge in [0.15, 0.2) is 0 Å². The lowest BCUT2D eigenvalue weighted by Crippen LogP contribution is -2.17. The van der Waals surface area contributed by atoms with Gasteiger partial charge in [-0.25, -0.2) is 8.78 Å². The molecule has 0 radical (unpaired) electrons. The Bertz CT molecular complexity index is 383. The number of benzene rings is 1. The first kappa shape index (κ1) is 10.6. The zero-order chi connectivity index (χ0) is 11.0. The zero-order valence-electron chi connectivity index (χ0n) is 9.24. The molecule has 0 bridgehead atoms. The number of hydrogen-bond acceptors (Lipinski definition) is 0. The lowest BCUT2D eigenvalue weighted by molar-refractivity contribution is 0.418. The molecule has 1 unspecified atom stereocenters. The van der Waals surface area contributed by atoms with Crippen LogP contribution in [0.3, 0.4) is 0 Å². The minimum atomic E-state index is -0.220. The normalized spacial score (nSPS) is 20.1. The molecular formula is C13H16F2. The summed E-state index contributed by atoms with van der Waals surface area (Å²) in [6.07, 6.45) is 3.44. The number of aryl methyl sites for hydroxylation is 1. The second-order valence-corrected chi connectivity index (χ2v) is 4.46. The summed E-state index contributed by atoms with van der Waals surface area (Å²) >= 11 is 0. The van der Waals surface area contributed by atoms with Crippen LogP contribution in [0.15, 0.2) is 6.07 Å². The molecule has 0 saturated carbocycles. The van der Waals surface area contributed by atoms with E-state index in [-0.39, 0.29) is 11.6 Å². The van der Waals surface area contributed by atoms with Gasteiger partial charge < -0.3 is 0 Å². The van der Waals surface area contributed by atoms with Gasteiger partial charge in [-0.05, 0) is 54.9 Å². The molecule has 82 valence electrons. The fraction of sp³-hybridized carbons (Fsp3) is 0.538. The summed E-state index contributed by atoms with van der Waals surface area (Å²) in [5.74, 6) is 0.108. The third-order valence-electron chi connectivity index (χ3n) is 3.48. The molecule has 0 spiro atoms. The van der Waals surface area contributed by atoms with Crippen molar-refractivity contribution >= 4 is 0 Å². The van der Waals surface area contributed by atoms with Gasteiger partial charge >= 0.3 is 0 Å². The van der Waals surface area contributed by atoms with E-state index in [2.05, 4.69) is 6.92 Å². The van der Waals surface area contributed by atoms with Crippen LogP contribution < -0.4 is 0 Å². The molecule has 0 saturated heterocycles. The molecule has 0 amide bonds. The molecule has 15 heavy (non-hydrogen) atoms. The third-order valence-corrected chi connectivity index (χ3v) is 3.48. The molecule has 1 aliphatic rings. The standard InChI is InChI=1S/C13H16F2/c1-3-9-4-5-10-11(7-9)12(14)6-8(2)13(10)15/h6,9H,3-5,7H2,1-2H3. The highest BCUT2D eigenvalue weighted by Crippen LogP contribution is 2.32. The molecule has 0 aromatic heterocycles. The van der Waals surface area contributed by atoms with E-state index in [0.29, 0.717) is 35.4 Å². The monoisotopic (exact) mass is 210 g/mol. The summed E-state index contributed by atoms with van der Waals surface area (Å²) in [7, 11) is 0. The summed E-state index contributed by atoms with van der Waals surface area (Å²) in [6.45, 7) is 3.74. The van der Waals surface area contributed by atoms with E-state index in [1.54, 1.807) is 6.92 Å². The molecule has 0 heterocycles. The summed E-state index contributed by atoms with van der Waals surface area (Å²) in [5.41, 5.74) is 1.68. The first-order chi connectivity index (χ1) is 7.13. The largest absolute Gasteiger partial charge is 0.207 e. The van der Waals surface area contributed by atoms with Gasteiger partial charge in [0, 0.05) is 0 Å². The highest BCUT2D eigenvalue weighted by Gasteiger charge is 2.24. The van der Waals surface area contributed by atoms with E-state index in [0.717, 1.165) is 12.8 Å². The van der Waals surface area contributed by atoms with E-state index in [9.17, 15) is 8.78 Å². The maximum Gasteiger partial charge on any atom is 0.129 e. The summed E-state index contributed by atoms with van der Waals surface area (Å²) < 4.78 is 27.4. The molecule has 1 aromatic rings. The van der Waals surface area contributed by atoms with Gasteiger partial charge in [0.25, 0.3) is 0 Å². The highest BCUT2D eigenvalue weighted by atomic mass is 19.1. The Labute approximate surface area is 89.3 Å². The predicted octanol–water partition coefficient (Wildman–Crippen LogP) is 3.79. The fourth-order valence-corrected chi connectivity index (χ4v) is 2.42. The maximum atomic E-state index is 13.7. The quantitative estimate of drug-likeness (QED) is 0.661. The fourth-order valence-electron chi connectivity index (χ4n) is 2.42. The van der Waals surface area contributed by atoms with Crippen molar-refractivity contribution in [3.8, 4) is 0 Å². The molecule has 1 atom stereocenters. The zero-order valence-corrected chi connectivity index (χ0v) is 9.24. The Balaban J connectivity index is 2.47. The first-order valence-electron chi connectivity index (χ1n) is 5.59. The number of hydrogen-bond donors (Lipinski definition) is 0. The van der Waals surface area contributed by atoms with Crippen LogP contribution in [-0.4, -0.2) is 0 Å². The minimum absolute atomic E-state index is 0.194. The van der Waals surface area contributed by atoms with E-state index >= 15 is 0 Å². The van der Waals surface area contributed by atoms with Gasteiger partial charge in [-0.3, -0.25) is 0 Å². The van der Waals surface area contributed by atoms with Crippen LogP contribution in [0.1, 0.15) is 36.5 Å². The molecule has 1 aromatic carbocycles. The molecule has 0 fully saturated rings. The van der Waals surface area contributed by atoms with Crippen molar-refractivity contribution in [1.29, 1.82) is 0 Å². The third kappa shape index (κ3) is 1.77. The Morgan fingerprint density at radius 2 is 2.07 bits per heavy atom. The number of halogens is 2. The van der Waals surface area contributed by atoms with Crippen LogP contribution in [0, 0.1) is 24.5 Å². The SMILES string of the molecule is CCC1CCc2c(F)c(C)cc(F)c2C1. The Hall–Kier alpha value is -0.920. The molecule has 2 heteroatoms. The van der Waals surface area contributed by atoms with Crippen LogP contribution in [0.25, 0.3) is 0 Å². The van der Waals surface area contributed by atoms with E-state index in [1.165, 1.54) is 6.07 Å². The highest BCUT2D eigenvalue weighted by molar-refractivity contribution is 5.36. The van der Waals surface area contributed by atoms with E-state index < -0.39 is 0 Å². The lowest BCUT2D eigenvalue weighted by Gasteiger charge is -2.24. The number of rotatable bonds is 1. The molecule has 0 nitrogen and oxygen atoms in total. The smallest absolute Gasteiger partial charge is 0.129 e.